The van der Waals surface area contributed by atoms with Gasteiger partial charge in [-0.25, -0.2) is 0 Å². The largest absolute Gasteiger partial charge is 0.292 e. The summed E-state index contributed by atoms with van der Waals surface area (Å²) in [7, 11) is 0. The Morgan fingerprint density at radius 2 is 1.50 bits per heavy atom. The number of rotatable bonds is 0. The summed E-state index contributed by atoms with van der Waals surface area (Å²) in [5.74, 6) is 0. The Morgan fingerprint density at radius 1 is 1.50 bits per heavy atom. The lowest BCUT2D eigenvalue weighted by atomic mass is 15.9. The fraction of sp³-hybridized carbons (Fsp3) is 0. The van der Waals surface area contributed by atoms with E-state index in [2.05, 4.69) is 0 Å². The molecule has 0 aromatic carbocycles. The van der Waals surface area contributed by atoms with Crippen molar-refractivity contribution < 1.29 is 12.3 Å². The molecule has 0 bridgehead atoms. The molecule has 0 N–H and O–H groups in total. The smallest absolute Gasteiger partial charge is 0.198 e. The lowest BCUT2D eigenvalue weighted by Gasteiger charge is -1.36. The van der Waals surface area contributed by atoms with Gasteiger partial charge in [-0.3, -0.25) is 0 Å². The van der Waals surface area contributed by atoms with E-state index in [-0.39, 0.29) is 0 Å². The summed E-state index contributed by atoms with van der Waals surface area (Å²) in [5, 5.41) is 0. The van der Waals surface area contributed by atoms with Gasteiger partial charge in [0.1, 0.15) is 0 Å². The minimum atomic E-state index is -3.62. The molecule has 0 unspecified atom stereocenters. The zero-order valence-corrected chi connectivity index (χ0v) is 2.54. The van der Waals surface area contributed by atoms with Gasteiger partial charge in [-0.2, -0.15) is 8.42 Å². The van der Waals surface area contributed by atoms with Crippen LogP contribution in [-0.4, -0.2) is 8.42 Å². The summed E-state index contributed by atoms with van der Waals surface area (Å²) in [5.41, 5.74) is 0. The Kier molecular flexibility index (Phi) is 1.19. The van der Waals surface area contributed by atoms with E-state index in [4.69, 9.17) is 8.42 Å². The Balaban J connectivity index is 3.51. The lowest BCUT2D eigenvalue weighted by molar-refractivity contribution is 0.576. The zero-order chi connectivity index (χ0) is 3.58. The first-order valence-electron chi connectivity index (χ1n) is 0.534. The number of thiol groups is 1. The maximum absolute atomic E-state index is 9.95. The Labute approximate surface area is 24.5 Å². The van der Waals surface area contributed by atoms with Crippen molar-refractivity contribution in [2.45, 2.75) is 0 Å². The zero-order valence-electron chi connectivity index (χ0n) is 1.64. The molecule has 0 spiro atoms. The van der Waals surface area contributed by atoms with E-state index in [1.807, 2.05) is 0 Å². The fourth-order valence-electron chi connectivity index (χ4n) is 0. The van der Waals surface area contributed by atoms with Crippen LogP contribution in [0.2, 0.25) is 0 Å². The van der Waals surface area contributed by atoms with Crippen molar-refractivity contribution in [3.63, 3.8) is 0 Å². The maximum atomic E-state index is 9.95. The van der Waals surface area contributed by atoms with Gasteiger partial charge in [-0.1, -0.05) is 0 Å². The van der Waals surface area contributed by atoms with Gasteiger partial charge < -0.3 is 0 Å². The van der Waals surface area contributed by atoms with Crippen LogP contribution >= 0.6 is 0 Å². The SMILES string of the molecule is O=[SH](=O)F. The van der Waals surface area contributed by atoms with Gasteiger partial charge in [0.2, 0.25) is 0 Å². The molecule has 0 aromatic rings. The third kappa shape index (κ3) is 101. The van der Waals surface area contributed by atoms with Crippen LogP contribution in [0.1, 0.15) is 0 Å². The van der Waals surface area contributed by atoms with Gasteiger partial charge in [0.15, 0.2) is 0 Å². The van der Waals surface area contributed by atoms with E-state index < -0.39 is 11.1 Å². The molecule has 0 fully saturated rings. The van der Waals surface area contributed by atoms with Gasteiger partial charge in [-0.05, 0) is 0 Å². The highest BCUT2D eigenvalue weighted by Gasteiger charge is 1.50. The van der Waals surface area contributed by atoms with Crippen LogP contribution in [0.3, 0.4) is 0 Å². The predicted molar refractivity (Wildman–Crippen MR) is 11.4 cm³/mol. The predicted octanol–water partition coefficient (Wildman–Crippen LogP) is -0.518. The van der Waals surface area contributed by atoms with Crippen LogP contribution in [0.25, 0.3) is 0 Å². The van der Waals surface area contributed by atoms with Crippen LogP contribution in [0.4, 0.5) is 3.89 Å². The topological polar surface area (TPSA) is 34.1 Å². The molecule has 0 saturated carbocycles. The summed E-state index contributed by atoms with van der Waals surface area (Å²) in [6.45, 7) is 0. The van der Waals surface area contributed by atoms with Gasteiger partial charge in [0.25, 0.3) is 11.1 Å². The number of hydrogen-bond donors (Lipinski definition) is 1. The van der Waals surface area contributed by atoms with Gasteiger partial charge >= 0.3 is 0 Å². The van der Waals surface area contributed by atoms with E-state index in [0.717, 1.165) is 0 Å². The van der Waals surface area contributed by atoms with Crippen LogP contribution in [-0.2, 0) is 11.1 Å². The van der Waals surface area contributed by atoms with Crippen molar-refractivity contribution in [3.05, 3.63) is 0 Å². The molecular formula is HFO2S. The van der Waals surface area contributed by atoms with E-state index in [1.54, 1.807) is 0 Å². The minimum absolute atomic E-state index is 3.62. The highest BCUT2D eigenvalue weighted by atomic mass is 32.2. The van der Waals surface area contributed by atoms with Crippen molar-refractivity contribution in [2.24, 2.45) is 0 Å². The van der Waals surface area contributed by atoms with E-state index in [0.29, 0.717) is 0 Å². The fourth-order valence-corrected chi connectivity index (χ4v) is 0. The van der Waals surface area contributed by atoms with Crippen molar-refractivity contribution in [1.29, 1.82) is 0 Å². The number of halogens is 1. The Morgan fingerprint density at radius 3 is 1.50 bits per heavy atom. The molecule has 0 aliphatic heterocycles. The second-order valence-electron chi connectivity index (χ2n) is 0.213. The summed E-state index contributed by atoms with van der Waals surface area (Å²) < 4.78 is 26.7. The first kappa shape index (κ1) is 3.88. The molecular weight excluding hydrogens is 83.1 g/mol. The third-order valence-corrected chi connectivity index (χ3v) is 0. The molecule has 0 amide bonds. The van der Waals surface area contributed by atoms with Gasteiger partial charge in [-0.15, -0.1) is 3.89 Å². The van der Waals surface area contributed by atoms with Crippen molar-refractivity contribution in [3.8, 4) is 0 Å². The molecule has 4 heavy (non-hydrogen) atoms. The van der Waals surface area contributed by atoms with Crippen LogP contribution < -0.4 is 0 Å². The van der Waals surface area contributed by atoms with E-state index >= 15 is 0 Å². The lowest BCUT2D eigenvalue weighted by Crippen LogP contribution is -1.44. The minimum Gasteiger partial charge on any atom is -0.198 e. The normalized spacial score (nSPS) is 8.50. The van der Waals surface area contributed by atoms with Crippen LogP contribution in [0.5, 0.6) is 0 Å². The standard InChI is InChI=1S/FHO2S/c1-4(2)3/h4H. The monoisotopic (exact) mass is 84.0 g/mol. The maximum Gasteiger partial charge on any atom is 0.292 e. The summed E-state index contributed by atoms with van der Waals surface area (Å²) in [6, 6.07) is 0. The highest BCUT2D eigenvalue weighted by molar-refractivity contribution is 7.66. The highest BCUT2D eigenvalue weighted by Crippen LogP contribution is 1.49. The quantitative estimate of drug-likeness (QED) is 0.316. The molecule has 0 aliphatic carbocycles. The second kappa shape index (κ2) is 1.23. The molecule has 0 aromatic heterocycles. The van der Waals surface area contributed by atoms with Gasteiger partial charge in [0.05, 0.1) is 0 Å². The molecule has 26 valence electrons. The van der Waals surface area contributed by atoms with Crippen molar-refractivity contribution in [2.75, 3.05) is 0 Å². The van der Waals surface area contributed by atoms with E-state index in [9.17, 15) is 3.89 Å². The van der Waals surface area contributed by atoms with Crippen molar-refractivity contribution in [1.82, 2.24) is 0 Å². The third-order valence-electron chi connectivity index (χ3n) is 0. The van der Waals surface area contributed by atoms with Crippen LogP contribution in [0, 0.1) is 0 Å². The molecule has 0 rings (SSSR count). The first-order chi connectivity index (χ1) is 1.73. The average molecular weight is 84.1 g/mol. The molecule has 0 atom stereocenters. The number of hydrogen-bond acceptors (Lipinski definition) is 2. The molecule has 4 heteroatoms. The summed E-state index contributed by atoms with van der Waals surface area (Å²) in [6.07, 6.45) is 0. The van der Waals surface area contributed by atoms with Crippen LogP contribution in [0.15, 0.2) is 0 Å². The van der Waals surface area contributed by atoms with Crippen molar-refractivity contribution >= 4 is 11.1 Å². The molecule has 0 saturated heterocycles. The van der Waals surface area contributed by atoms with Gasteiger partial charge in [0, 0.05) is 0 Å². The molecule has 0 aliphatic rings. The molecule has 0 heterocycles. The summed E-state index contributed by atoms with van der Waals surface area (Å²) >= 11 is -3.62. The first-order valence-corrected chi connectivity index (χ1v) is 1.60. The molecule has 2 nitrogen and oxygen atoms in total. The second-order valence-corrected chi connectivity index (χ2v) is 0.638. The average Bonchev–Trinajstić information content (AvgIpc) is 0.811. The van der Waals surface area contributed by atoms with E-state index in [1.165, 1.54) is 0 Å². The molecule has 0 radical (unpaired) electrons. The Bertz CT molecular complexity index is 54.4. The Hall–Kier alpha value is -0.120. The summed E-state index contributed by atoms with van der Waals surface area (Å²) in [4.78, 5) is 0.